The van der Waals surface area contributed by atoms with Crippen molar-refractivity contribution < 1.29 is 29.0 Å². The van der Waals surface area contributed by atoms with Crippen LogP contribution in [0.1, 0.15) is 79.1 Å². The Morgan fingerprint density at radius 3 is 1.77 bits per heavy atom. The normalized spacial score (nSPS) is 18.0. The van der Waals surface area contributed by atoms with E-state index in [0.717, 1.165) is 64.9 Å². The van der Waals surface area contributed by atoms with Gasteiger partial charge in [-0.25, -0.2) is 14.8 Å². The highest BCUT2D eigenvalue weighted by Gasteiger charge is 2.37. The van der Waals surface area contributed by atoms with Gasteiger partial charge < -0.3 is 39.7 Å². The summed E-state index contributed by atoms with van der Waals surface area (Å²) in [6, 6.07) is 23.2. The van der Waals surface area contributed by atoms with Crippen LogP contribution >= 0.6 is 0 Å². The van der Waals surface area contributed by atoms with Crippen molar-refractivity contribution in [3.63, 3.8) is 0 Å². The third-order valence-corrected chi connectivity index (χ3v) is 10.4. The molecule has 0 aliphatic carbocycles. The van der Waals surface area contributed by atoms with Gasteiger partial charge >= 0.3 is 6.09 Å². The Kier molecular flexibility index (Phi) is 12.1. The van der Waals surface area contributed by atoms with Crippen molar-refractivity contribution in [2.75, 3.05) is 27.3 Å². The maximum Gasteiger partial charge on any atom is 0.407 e. The highest BCUT2D eigenvalue weighted by molar-refractivity contribution is 5.86. The smallest absolute Gasteiger partial charge is 0.407 e. The Morgan fingerprint density at radius 2 is 1.28 bits per heavy atom. The number of carbonyl (C=O) groups excluding carboxylic acids is 3. The molecular weight excluding hydrogens is 725 g/mol. The van der Waals surface area contributed by atoms with Crippen molar-refractivity contribution >= 4 is 17.9 Å². The minimum Gasteiger partial charge on any atom is -0.453 e. The molecule has 2 aliphatic heterocycles. The maximum atomic E-state index is 13.9. The van der Waals surface area contributed by atoms with Gasteiger partial charge in [0.15, 0.2) is 0 Å². The first kappa shape index (κ1) is 39.0. The Bertz CT molecular complexity index is 2230. The molecule has 5 N–H and O–H groups in total. The van der Waals surface area contributed by atoms with Crippen LogP contribution in [0.5, 0.6) is 0 Å². The highest BCUT2D eigenvalue weighted by atomic mass is 16.6. The van der Waals surface area contributed by atoms with Crippen LogP contribution < -0.4 is 10.6 Å². The number of nitrogens with one attached hydrogen (secondary N) is 4. The molecule has 7 rings (SSSR count). The van der Waals surface area contributed by atoms with Crippen LogP contribution in [0.15, 0.2) is 91.3 Å². The molecule has 0 radical (unpaired) electrons. The minimum atomic E-state index is -1.30. The van der Waals surface area contributed by atoms with Gasteiger partial charge in [-0.15, -0.1) is 0 Å². The fraction of sp³-hybridized carbons (Fsp3) is 0.326. The molecule has 3 aromatic carbocycles. The molecule has 14 heteroatoms. The summed E-state index contributed by atoms with van der Waals surface area (Å²) in [6.07, 6.45) is 4.85. The molecule has 2 fully saturated rings. The van der Waals surface area contributed by atoms with E-state index in [1.165, 1.54) is 14.2 Å². The number of imidazole rings is 2. The average Bonchev–Trinajstić information content (AvgIpc) is 4.09. The third kappa shape index (κ3) is 8.92. The van der Waals surface area contributed by atoms with Crippen molar-refractivity contribution in [1.29, 1.82) is 0 Å². The van der Waals surface area contributed by atoms with E-state index in [0.29, 0.717) is 24.7 Å². The fourth-order valence-electron chi connectivity index (χ4n) is 7.42. The number of aliphatic hydroxyl groups is 1. The summed E-state index contributed by atoms with van der Waals surface area (Å²) in [5, 5.41) is 15.6. The lowest BCUT2D eigenvalue weighted by Crippen LogP contribution is -2.46. The molecule has 0 spiro atoms. The number of methoxy groups -OCH3 is 2. The maximum absolute atomic E-state index is 13.9. The molecule has 0 saturated carbocycles. The van der Waals surface area contributed by atoms with Gasteiger partial charge in [-0.2, -0.15) is 0 Å². The van der Waals surface area contributed by atoms with Gasteiger partial charge in [0.25, 0.3) is 0 Å². The summed E-state index contributed by atoms with van der Waals surface area (Å²) in [5.41, 5.74) is 6.02. The summed E-state index contributed by atoms with van der Waals surface area (Å²) in [6.45, 7) is 2.82. The molecule has 3 amide bonds. The average molecular weight is 771 g/mol. The topological polar surface area (TPSA) is 178 Å². The van der Waals surface area contributed by atoms with Crippen LogP contribution in [0.4, 0.5) is 4.79 Å². The van der Waals surface area contributed by atoms with Crippen molar-refractivity contribution in [3.8, 4) is 34.4 Å². The standard InChI is InChI=1S/C43H46N8O6/c1-27(46-42(54)56-2)40(52)50-23-7-11-35(50)38-44-25-33(47-38)30-19-15-28(16-20-30)13-14-29-17-21-31(22-18-29)34-26-45-39(48-34)36-12-8-24-51(36)41(53)37(49-43(55)57-3)32-9-5-4-6-10-32/h4-6,9-10,15-22,25-27,35-37,43,49,55H,7-8,11-12,23-24H2,1-3H3,(H,44,47)(H,45,48)(H,46,54). The lowest BCUT2D eigenvalue weighted by Gasteiger charge is -2.29. The van der Waals surface area contributed by atoms with E-state index in [9.17, 15) is 19.5 Å². The lowest BCUT2D eigenvalue weighted by atomic mass is 10.0. The van der Waals surface area contributed by atoms with Crippen molar-refractivity contribution in [3.05, 3.63) is 120 Å². The number of likely N-dealkylation sites (tertiary alicyclic amines) is 2. The van der Waals surface area contributed by atoms with Crippen molar-refractivity contribution in [1.82, 2.24) is 40.4 Å². The van der Waals surface area contributed by atoms with E-state index in [1.807, 2.05) is 83.8 Å². The van der Waals surface area contributed by atoms with Gasteiger partial charge in [-0.1, -0.05) is 66.4 Å². The fourth-order valence-corrected chi connectivity index (χ4v) is 7.42. The zero-order chi connectivity index (χ0) is 39.9. The summed E-state index contributed by atoms with van der Waals surface area (Å²) in [7, 11) is 2.64. The first-order valence-electron chi connectivity index (χ1n) is 19.0. The van der Waals surface area contributed by atoms with Crippen LogP contribution in [-0.2, 0) is 19.1 Å². The molecule has 57 heavy (non-hydrogen) atoms. The number of hydrogen-bond donors (Lipinski definition) is 5. The molecule has 2 saturated heterocycles. The number of rotatable bonds is 11. The number of aromatic amines is 2. The zero-order valence-electron chi connectivity index (χ0n) is 32.1. The summed E-state index contributed by atoms with van der Waals surface area (Å²) in [4.78, 5) is 58.3. The van der Waals surface area contributed by atoms with Gasteiger partial charge in [0, 0.05) is 31.3 Å². The lowest BCUT2D eigenvalue weighted by molar-refractivity contribution is -0.143. The van der Waals surface area contributed by atoms with E-state index in [-0.39, 0.29) is 23.9 Å². The van der Waals surface area contributed by atoms with E-state index in [2.05, 4.69) is 47.1 Å². The van der Waals surface area contributed by atoms with Crippen LogP contribution in [0, 0.1) is 11.8 Å². The van der Waals surface area contributed by atoms with Gasteiger partial charge in [-0.3, -0.25) is 14.9 Å². The van der Waals surface area contributed by atoms with Crippen LogP contribution in [0.3, 0.4) is 0 Å². The van der Waals surface area contributed by atoms with E-state index in [4.69, 9.17) is 4.74 Å². The van der Waals surface area contributed by atoms with Gasteiger partial charge in [-0.05, 0) is 73.6 Å². The molecule has 294 valence electrons. The summed E-state index contributed by atoms with van der Waals surface area (Å²) in [5.74, 6) is 7.57. The molecule has 0 bridgehead atoms. The van der Waals surface area contributed by atoms with Crippen molar-refractivity contribution in [2.24, 2.45) is 0 Å². The molecule has 14 nitrogen and oxygen atoms in total. The molecular formula is C43H46N8O6. The molecule has 5 atom stereocenters. The first-order valence-corrected chi connectivity index (χ1v) is 19.0. The quantitative estimate of drug-likeness (QED) is 0.0894. The second kappa shape index (κ2) is 17.7. The van der Waals surface area contributed by atoms with Gasteiger partial charge in [0.2, 0.25) is 18.2 Å². The molecule has 2 aliphatic rings. The number of aromatic nitrogens is 4. The number of nitrogens with zero attached hydrogens (tertiary/aromatic N) is 4. The number of amides is 3. The SMILES string of the molecule is COC(=O)NC(C)C(=O)N1CCCC1c1ncc(-c2ccc(C#Cc3ccc(-c4cnc(C5CCCN5C(=O)C(NC(O)OC)c5ccccc5)[nH]4)cc3)cc2)[nH]1. The number of carbonyl (C=O) groups is 3. The van der Waals surface area contributed by atoms with Crippen LogP contribution in [-0.4, -0.2) is 92.5 Å². The Labute approximate surface area is 331 Å². The molecule has 4 heterocycles. The predicted octanol–water partition coefficient (Wildman–Crippen LogP) is 5.19. The van der Waals surface area contributed by atoms with Crippen LogP contribution in [0.25, 0.3) is 22.5 Å². The predicted molar refractivity (Wildman–Crippen MR) is 212 cm³/mol. The Hall–Kier alpha value is -6.27. The molecule has 5 unspecified atom stereocenters. The summed E-state index contributed by atoms with van der Waals surface area (Å²) >= 11 is 0. The van der Waals surface area contributed by atoms with Crippen molar-refractivity contribution in [2.45, 2.75) is 63.2 Å². The highest BCUT2D eigenvalue weighted by Crippen LogP contribution is 2.35. The van der Waals surface area contributed by atoms with E-state index in [1.54, 1.807) is 24.2 Å². The number of ether oxygens (including phenoxy) is 2. The monoisotopic (exact) mass is 770 g/mol. The first-order chi connectivity index (χ1) is 27.7. The zero-order valence-corrected chi connectivity index (χ0v) is 32.1. The third-order valence-electron chi connectivity index (χ3n) is 10.4. The molecule has 5 aromatic rings. The van der Waals surface area contributed by atoms with Gasteiger partial charge in [0.1, 0.15) is 23.7 Å². The van der Waals surface area contributed by atoms with E-state index >= 15 is 0 Å². The number of benzene rings is 3. The minimum absolute atomic E-state index is 0.158. The Balaban J connectivity index is 0.975. The second-order valence-electron chi connectivity index (χ2n) is 14.1. The second-order valence-corrected chi connectivity index (χ2v) is 14.1. The summed E-state index contributed by atoms with van der Waals surface area (Å²) < 4.78 is 9.65. The van der Waals surface area contributed by atoms with Gasteiger partial charge in [0.05, 0.1) is 43.0 Å². The number of alkyl carbamates (subject to hydrolysis) is 1. The van der Waals surface area contributed by atoms with Crippen LogP contribution in [0.2, 0.25) is 0 Å². The Morgan fingerprint density at radius 1 is 0.772 bits per heavy atom. The largest absolute Gasteiger partial charge is 0.453 e. The van der Waals surface area contributed by atoms with E-state index < -0.39 is 24.6 Å². The number of hydrogen-bond acceptors (Lipinski definition) is 9. The number of H-pyrrole nitrogens is 2. The molecule has 2 aromatic heterocycles. The number of aliphatic hydroxyl groups excluding tert-OH is 1.